The Hall–Kier alpha value is -1.23. The Bertz CT molecular complexity index is 506. The maximum atomic E-state index is 14.1. The molecule has 1 aromatic carbocycles. The number of piperidine rings is 2. The van der Waals surface area contributed by atoms with Gasteiger partial charge in [-0.3, -0.25) is 0 Å². The van der Waals surface area contributed by atoms with Crippen molar-refractivity contribution in [1.29, 1.82) is 0 Å². The van der Waals surface area contributed by atoms with E-state index in [1.165, 1.54) is 6.07 Å². The first-order valence-corrected chi connectivity index (χ1v) is 7.77. The largest absolute Gasteiger partial charge is 0.363 e. The molecule has 2 fully saturated rings. The maximum absolute atomic E-state index is 14.1. The van der Waals surface area contributed by atoms with Crippen LogP contribution in [0.5, 0.6) is 0 Å². The summed E-state index contributed by atoms with van der Waals surface area (Å²) in [6, 6.07) is 3.27. The van der Waals surface area contributed by atoms with Crippen molar-refractivity contribution in [3.8, 4) is 0 Å². The summed E-state index contributed by atoms with van der Waals surface area (Å²) in [5, 5.41) is 3.47. The Balaban J connectivity index is 1.90. The fourth-order valence-corrected chi connectivity index (χ4v) is 3.95. The van der Waals surface area contributed by atoms with Crippen LogP contribution in [0.1, 0.15) is 39.0 Å². The number of rotatable bonds is 3. The van der Waals surface area contributed by atoms with Crippen molar-refractivity contribution in [2.45, 2.75) is 57.2 Å². The summed E-state index contributed by atoms with van der Waals surface area (Å²) in [7, 11) is 0. The predicted molar refractivity (Wildman–Crippen MR) is 76.9 cm³/mol. The third-order valence-corrected chi connectivity index (χ3v) is 4.76. The van der Waals surface area contributed by atoms with Gasteiger partial charge in [-0.1, -0.05) is 6.92 Å². The lowest BCUT2D eigenvalue weighted by molar-refractivity contribution is 0.245. The summed E-state index contributed by atoms with van der Waals surface area (Å²) in [6.45, 7) is 3.00. The molecule has 1 aromatic rings. The van der Waals surface area contributed by atoms with Crippen molar-refractivity contribution < 1.29 is 13.2 Å². The molecule has 1 N–H and O–H groups in total. The average Bonchev–Trinajstić information content (AvgIpc) is 2.45. The molecule has 2 nitrogen and oxygen atoms in total. The number of nitrogens with zero attached hydrogens (tertiary/aromatic N) is 1. The van der Waals surface area contributed by atoms with Gasteiger partial charge in [-0.15, -0.1) is 0 Å². The average molecular weight is 298 g/mol. The Morgan fingerprint density at radius 3 is 2.38 bits per heavy atom. The molecule has 116 valence electrons. The van der Waals surface area contributed by atoms with Crippen LogP contribution in [-0.2, 0) is 0 Å². The zero-order valence-corrected chi connectivity index (χ0v) is 12.2. The molecule has 2 aliphatic heterocycles. The van der Waals surface area contributed by atoms with Crippen molar-refractivity contribution >= 4 is 5.69 Å². The van der Waals surface area contributed by atoms with Crippen LogP contribution in [0.15, 0.2) is 12.1 Å². The quantitative estimate of drug-likeness (QED) is 0.858. The van der Waals surface area contributed by atoms with Crippen LogP contribution in [0.2, 0.25) is 0 Å². The van der Waals surface area contributed by atoms with Crippen LogP contribution in [-0.4, -0.2) is 24.7 Å². The standard InChI is InChI=1S/C16H21F3N2/c1-2-20-10-8-11-4-3-5-12(9-10)21(11)14-7-6-13(17)15(18)16(14)19/h6-7,10-12,20H,2-5,8-9H2,1H3. The van der Waals surface area contributed by atoms with Crippen LogP contribution in [0.4, 0.5) is 18.9 Å². The van der Waals surface area contributed by atoms with Crippen molar-refractivity contribution in [2.75, 3.05) is 11.4 Å². The Morgan fingerprint density at radius 1 is 1.10 bits per heavy atom. The molecular weight excluding hydrogens is 277 g/mol. The van der Waals surface area contributed by atoms with Gasteiger partial charge in [-0.2, -0.15) is 0 Å². The van der Waals surface area contributed by atoms with E-state index in [0.29, 0.717) is 6.04 Å². The molecule has 2 aliphatic rings. The van der Waals surface area contributed by atoms with Gasteiger partial charge in [0.05, 0.1) is 5.69 Å². The van der Waals surface area contributed by atoms with E-state index < -0.39 is 17.5 Å². The predicted octanol–water partition coefficient (Wildman–Crippen LogP) is 3.60. The third kappa shape index (κ3) is 2.63. The van der Waals surface area contributed by atoms with Crippen LogP contribution < -0.4 is 10.2 Å². The highest BCUT2D eigenvalue weighted by Crippen LogP contribution is 2.39. The summed E-state index contributed by atoms with van der Waals surface area (Å²) in [5.41, 5.74) is 0.221. The van der Waals surface area contributed by atoms with Crippen molar-refractivity contribution in [3.63, 3.8) is 0 Å². The minimum atomic E-state index is -1.36. The Morgan fingerprint density at radius 2 is 1.76 bits per heavy atom. The summed E-state index contributed by atoms with van der Waals surface area (Å²) >= 11 is 0. The molecule has 0 aliphatic carbocycles. The maximum Gasteiger partial charge on any atom is 0.196 e. The molecule has 5 heteroatoms. The summed E-state index contributed by atoms with van der Waals surface area (Å²) < 4.78 is 40.8. The second-order valence-electron chi connectivity index (χ2n) is 6.07. The topological polar surface area (TPSA) is 15.3 Å². The number of benzene rings is 1. The van der Waals surface area contributed by atoms with E-state index in [9.17, 15) is 13.2 Å². The van der Waals surface area contributed by atoms with Crippen LogP contribution >= 0.6 is 0 Å². The van der Waals surface area contributed by atoms with Gasteiger partial charge < -0.3 is 10.2 Å². The SMILES string of the molecule is CCNC1CC2CCCC(C1)N2c1ccc(F)c(F)c1F. The monoisotopic (exact) mass is 298 g/mol. The van der Waals surface area contributed by atoms with E-state index in [0.717, 1.165) is 44.7 Å². The summed E-state index contributed by atoms with van der Waals surface area (Å²) in [4.78, 5) is 2.00. The van der Waals surface area contributed by atoms with E-state index in [2.05, 4.69) is 12.2 Å². The summed E-state index contributed by atoms with van der Waals surface area (Å²) in [5.74, 6) is -3.53. The van der Waals surface area contributed by atoms with Gasteiger partial charge >= 0.3 is 0 Å². The van der Waals surface area contributed by atoms with Crippen LogP contribution in [0.25, 0.3) is 0 Å². The number of hydrogen-bond donors (Lipinski definition) is 1. The van der Waals surface area contributed by atoms with Gasteiger partial charge in [0.15, 0.2) is 17.5 Å². The number of fused-ring (bicyclic) bond motifs is 2. The molecule has 2 unspecified atom stereocenters. The second-order valence-corrected chi connectivity index (χ2v) is 6.07. The summed E-state index contributed by atoms with van der Waals surface area (Å²) in [6.07, 6.45) is 4.95. The lowest BCUT2D eigenvalue weighted by Gasteiger charge is -2.50. The zero-order chi connectivity index (χ0) is 15.0. The lowest BCUT2D eigenvalue weighted by atomic mass is 9.81. The lowest BCUT2D eigenvalue weighted by Crippen LogP contribution is -2.56. The molecular formula is C16H21F3N2. The second kappa shape index (κ2) is 5.87. The van der Waals surface area contributed by atoms with Crippen molar-refractivity contribution in [2.24, 2.45) is 0 Å². The highest BCUT2D eigenvalue weighted by atomic mass is 19.2. The number of nitrogens with one attached hydrogen (secondary N) is 1. The molecule has 0 amide bonds. The molecule has 2 bridgehead atoms. The molecule has 2 atom stereocenters. The first-order chi connectivity index (χ1) is 10.1. The van der Waals surface area contributed by atoms with Gasteiger partial charge in [-0.25, -0.2) is 13.2 Å². The minimum absolute atomic E-state index is 0.209. The Labute approximate surface area is 123 Å². The van der Waals surface area contributed by atoms with E-state index in [1.807, 2.05) is 4.90 Å². The zero-order valence-electron chi connectivity index (χ0n) is 12.2. The van der Waals surface area contributed by atoms with Gasteiger partial charge in [0.1, 0.15) is 0 Å². The normalized spacial score (nSPS) is 28.8. The molecule has 0 saturated carbocycles. The highest BCUT2D eigenvalue weighted by Gasteiger charge is 2.39. The molecule has 0 spiro atoms. The van der Waals surface area contributed by atoms with E-state index >= 15 is 0 Å². The van der Waals surface area contributed by atoms with Crippen molar-refractivity contribution in [1.82, 2.24) is 5.32 Å². The number of anilines is 1. The van der Waals surface area contributed by atoms with Gasteiger partial charge in [0.25, 0.3) is 0 Å². The van der Waals surface area contributed by atoms with E-state index in [4.69, 9.17) is 0 Å². The first-order valence-electron chi connectivity index (χ1n) is 7.77. The number of halogens is 3. The van der Waals surface area contributed by atoms with E-state index in [1.54, 1.807) is 0 Å². The molecule has 2 saturated heterocycles. The highest BCUT2D eigenvalue weighted by molar-refractivity contribution is 5.51. The van der Waals surface area contributed by atoms with Gasteiger partial charge in [0.2, 0.25) is 0 Å². The van der Waals surface area contributed by atoms with Crippen LogP contribution in [0.3, 0.4) is 0 Å². The minimum Gasteiger partial charge on any atom is -0.363 e. The van der Waals surface area contributed by atoms with E-state index in [-0.39, 0.29) is 17.8 Å². The molecule has 3 rings (SSSR count). The van der Waals surface area contributed by atoms with Gasteiger partial charge in [0, 0.05) is 18.1 Å². The van der Waals surface area contributed by atoms with Crippen LogP contribution in [0, 0.1) is 17.5 Å². The fourth-order valence-electron chi connectivity index (χ4n) is 3.95. The fraction of sp³-hybridized carbons (Fsp3) is 0.625. The molecule has 0 aromatic heterocycles. The molecule has 0 radical (unpaired) electrons. The van der Waals surface area contributed by atoms with Crippen molar-refractivity contribution in [3.05, 3.63) is 29.6 Å². The number of hydrogen-bond acceptors (Lipinski definition) is 2. The third-order valence-electron chi connectivity index (χ3n) is 4.76. The molecule has 21 heavy (non-hydrogen) atoms. The Kier molecular flexibility index (Phi) is 4.11. The molecule has 2 heterocycles. The smallest absolute Gasteiger partial charge is 0.196 e. The van der Waals surface area contributed by atoms with Gasteiger partial charge in [-0.05, 0) is 50.8 Å². The first kappa shape index (κ1) is 14.7.